The molecule has 0 fully saturated rings. The summed E-state index contributed by atoms with van der Waals surface area (Å²) < 4.78 is 0. The molecule has 0 heterocycles. The van der Waals surface area contributed by atoms with Crippen molar-refractivity contribution >= 4 is 35.2 Å². The highest BCUT2D eigenvalue weighted by Crippen LogP contribution is 2.21. The van der Waals surface area contributed by atoms with Gasteiger partial charge in [-0.2, -0.15) is 0 Å². The molecule has 2 aromatic rings. The lowest BCUT2D eigenvalue weighted by atomic mass is 10.1. The molecule has 2 aromatic carbocycles. The van der Waals surface area contributed by atoms with Crippen molar-refractivity contribution in [2.45, 2.75) is 58.0 Å². The molecule has 0 aliphatic carbocycles. The lowest BCUT2D eigenvalue weighted by Crippen LogP contribution is -2.51. The molecule has 0 aliphatic heterocycles. The summed E-state index contributed by atoms with van der Waals surface area (Å²) in [4.78, 5) is 27.8. The number of hydrogen-bond donors (Lipinski definition) is 1. The zero-order valence-corrected chi connectivity index (χ0v) is 19.5. The quantitative estimate of drug-likeness (QED) is 0.509. The minimum Gasteiger partial charge on any atom is -0.352 e. The molecule has 2 rings (SSSR count). The van der Waals surface area contributed by atoms with Gasteiger partial charge in [-0.15, -0.1) is 11.8 Å². The summed E-state index contributed by atoms with van der Waals surface area (Å²) in [6.07, 6.45) is 1.38. The summed E-state index contributed by atoms with van der Waals surface area (Å²) >= 11 is 7.91. The third kappa shape index (κ3) is 7.37. The minimum absolute atomic E-state index is 0.0537. The molecule has 0 spiro atoms. The highest BCUT2D eigenvalue weighted by molar-refractivity contribution is 7.99. The average Bonchev–Trinajstić information content (AvgIpc) is 2.75. The van der Waals surface area contributed by atoms with Crippen LogP contribution in [0.5, 0.6) is 0 Å². The summed E-state index contributed by atoms with van der Waals surface area (Å²) in [7, 11) is 0. The van der Waals surface area contributed by atoms with Crippen molar-refractivity contribution in [3.8, 4) is 0 Å². The first-order chi connectivity index (χ1) is 14.5. The number of hydrogen-bond acceptors (Lipinski definition) is 3. The highest BCUT2D eigenvalue weighted by Gasteiger charge is 2.29. The summed E-state index contributed by atoms with van der Waals surface area (Å²) in [5.74, 6) is 0.900. The first-order valence-corrected chi connectivity index (χ1v) is 11.9. The Morgan fingerprint density at radius 1 is 1.03 bits per heavy atom. The second kappa shape index (κ2) is 12.7. The van der Waals surface area contributed by atoms with E-state index in [-0.39, 0.29) is 17.9 Å². The van der Waals surface area contributed by atoms with Crippen molar-refractivity contribution in [2.75, 3.05) is 5.75 Å². The van der Waals surface area contributed by atoms with E-state index in [1.54, 1.807) is 16.7 Å². The number of thioether (sulfide) groups is 1. The van der Waals surface area contributed by atoms with Gasteiger partial charge >= 0.3 is 0 Å². The molecule has 1 N–H and O–H groups in total. The smallest absolute Gasteiger partial charge is 0.243 e. The van der Waals surface area contributed by atoms with Gasteiger partial charge in [0.05, 0.1) is 5.75 Å². The second-order valence-corrected chi connectivity index (χ2v) is 8.73. The first-order valence-electron chi connectivity index (χ1n) is 10.4. The molecular weight excluding hydrogens is 416 g/mol. The lowest BCUT2D eigenvalue weighted by Gasteiger charge is -2.31. The Morgan fingerprint density at radius 2 is 1.70 bits per heavy atom. The predicted molar refractivity (Wildman–Crippen MR) is 127 cm³/mol. The van der Waals surface area contributed by atoms with E-state index < -0.39 is 6.04 Å². The van der Waals surface area contributed by atoms with Crippen LogP contribution in [-0.4, -0.2) is 34.6 Å². The molecule has 6 heteroatoms. The van der Waals surface area contributed by atoms with Crippen molar-refractivity contribution < 1.29 is 9.59 Å². The van der Waals surface area contributed by atoms with Gasteiger partial charge in [-0.25, -0.2) is 0 Å². The van der Waals surface area contributed by atoms with E-state index in [1.165, 1.54) is 5.56 Å². The van der Waals surface area contributed by atoms with Gasteiger partial charge in [-0.05, 0) is 37.0 Å². The van der Waals surface area contributed by atoms with Crippen LogP contribution in [0.15, 0.2) is 54.6 Å². The van der Waals surface area contributed by atoms with E-state index in [2.05, 4.69) is 5.32 Å². The van der Waals surface area contributed by atoms with Crippen LogP contribution in [0.2, 0.25) is 5.02 Å². The molecule has 0 radical (unpaired) electrons. The van der Waals surface area contributed by atoms with Gasteiger partial charge in [-0.3, -0.25) is 9.59 Å². The summed E-state index contributed by atoms with van der Waals surface area (Å²) in [5, 5.41) is 3.63. The SMILES string of the molecule is CC[C@H](C)NC(=O)[C@H](CC)N(Cc1ccccc1Cl)C(=O)CSCc1ccccc1. The van der Waals surface area contributed by atoms with Crippen LogP contribution >= 0.6 is 23.4 Å². The molecule has 2 amide bonds. The molecule has 0 aromatic heterocycles. The Bertz CT molecular complexity index is 816. The number of rotatable bonds is 11. The fraction of sp³-hybridized carbons (Fsp3) is 0.417. The van der Waals surface area contributed by atoms with Gasteiger partial charge in [0, 0.05) is 23.4 Å². The molecule has 0 saturated carbocycles. The number of nitrogens with zero attached hydrogens (tertiary/aromatic N) is 1. The Morgan fingerprint density at radius 3 is 2.33 bits per heavy atom. The molecule has 0 saturated heterocycles. The minimum atomic E-state index is -0.528. The van der Waals surface area contributed by atoms with Gasteiger partial charge < -0.3 is 10.2 Å². The molecule has 2 atom stereocenters. The normalized spacial score (nSPS) is 12.8. The van der Waals surface area contributed by atoms with Crippen LogP contribution in [0.4, 0.5) is 0 Å². The number of nitrogens with one attached hydrogen (secondary N) is 1. The van der Waals surface area contributed by atoms with E-state index in [1.807, 2.05) is 75.4 Å². The maximum atomic E-state index is 13.2. The molecule has 0 unspecified atom stereocenters. The monoisotopic (exact) mass is 446 g/mol. The Balaban J connectivity index is 2.15. The molecule has 162 valence electrons. The van der Waals surface area contributed by atoms with Crippen LogP contribution < -0.4 is 5.32 Å². The topological polar surface area (TPSA) is 49.4 Å². The maximum Gasteiger partial charge on any atom is 0.243 e. The fourth-order valence-electron chi connectivity index (χ4n) is 3.08. The predicted octanol–water partition coefficient (Wildman–Crippen LogP) is 5.30. The van der Waals surface area contributed by atoms with Gasteiger partial charge in [0.25, 0.3) is 0 Å². The number of halogens is 1. The van der Waals surface area contributed by atoms with Crippen molar-refractivity contribution in [1.29, 1.82) is 0 Å². The Kier molecular flexibility index (Phi) is 10.2. The van der Waals surface area contributed by atoms with Crippen LogP contribution in [-0.2, 0) is 21.9 Å². The summed E-state index contributed by atoms with van der Waals surface area (Å²) in [6, 6.07) is 17.1. The zero-order valence-electron chi connectivity index (χ0n) is 17.9. The lowest BCUT2D eigenvalue weighted by molar-refractivity contribution is -0.139. The Labute approximate surface area is 189 Å². The zero-order chi connectivity index (χ0) is 21.9. The third-order valence-electron chi connectivity index (χ3n) is 5.02. The molecule has 4 nitrogen and oxygen atoms in total. The van der Waals surface area contributed by atoms with Crippen molar-refractivity contribution in [2.24, 2.45) is 0 Å². The van der Waals surface area contributed by atoms with Crippen LogP contribution in [0.25, 0.3) is 0 Å². The van der Waals surface area contributed by atoms with E-state index >= 15 is 0 Å². The van der Waals surface area contributed by atoms with Crippen molar-refractivity contribution in [1.82, 2.24) is 10.2 Å². The standard InChI is InChI=1S/C24H31ClN2O2S/c1-4-18(3)26-24(29)22(5-2)27(15-20-13-9-10-14-21(20)25)23(28)17-30-16-19-11-7-6-8-12-19/h6-14,18,22H,4-5,15-17H2,1-3H3,(H,26,29)/t18-,22-/m0/s1. The van der Waals surface area contributed by atoms with E-state index in [0.717, 1.165) is 17.7 Å². The summed E-state index contributed by atoms with van der Waals surface area (Å²) in [5.41, 5.74) is 2.02. The first kappa shape index (κ1) is 24.3. The molecule has 30 heavy (non-hydrogen) atoms. The van der Waals surface area contributed by atoms with Crippen molar-refractivity contribution in [3.05, 3.63) is 70.7 Å². The van der Waals surface area contributed by atoms with E-state index in [4.69, 9.17) is 11.6 Å². The molecule has 0 aliphatic rings. The average molecular weight is 447 g/mol. The van der Waals surface area contributed by atoms with Crippen LogP contribution in [0, 0.1) is 0 Å². The van der Waals surface area contributed by atoms with Crippen LogP contribution in [0.3, 0.4) is 0 Å². The third-order valence-corrected chi connectivity index (χ3v) is 6.38. The number of amides is 2. The van der Waals surface area contributed by atoms with Gasteiger partial charge in [-0.1, -0.05) is 74.0 Å². The van der Waals surface area contributed by atoms with Crippen molar-refractivity contribution in [3.63, 3.8) is 0 Å². The Hall–Kier alpha value is -1.98. The number of carbonyl (C=O) groups is 2. The fourth-order valence-corrected chi connectivity index (χ4v) is 4.15. The van der Waals surface area contributed by atoms with Gasteiger partial charge in [0.2, 0.25) is 11.8 Å². The number of carbonyl (C=O) groups excluding carboxylic acids is 2. The molecule has 0 bridgehead atoms. The second-order valence-electron chi connectivity index (χ2n) is 7.33. The van der Waals surface area contributed by atoms with Gasteiger partial charge in [0.1, 0.15) is 6.04 Å². The van der Waals surface area contributed by atoms with E-state index in [0.29, 0.717) is 23.7 Å². The largest absolute Gasteiger partial charge is 0.352 e. The maximum absolute atomic E-state index is 13.2. The summed E-state index contributed by atoms with van der Waals surface area (Å²) in [6.45, 7) is 6.25. The van der Waals surface area contributed by atoms with E-state index in [9.17, 15) is 9.59 Å². The van der Waals surface area contributed by atoms with Gasteiger partial charge in [0.15, 0.2) is 0 Å². The molecular formula is C24H31ClN2O2S. The number of benzene rings is 2. The van der Waals surface area contributed by atoms with Crippen LogP contribution in [0.1, 0.15) is 44.7 Å². The highest BCUT2D eigenvalue weighted by atomic mass is 35.5.